The molecule has 0 saturated carbocycles. The van der Waals surface area contributed by atoms with Crippen LogP contribution in [0.2, 0.25) is 0 Å². The van der Waals surface area contributed by atoms with Crippen molar-refractivity contribution < 1.29 is 0 Å². The number of hydrogen-bond donors (Lipinski definition) is 2. The summed E-state index contributed by atoms with van der Waals surface area (Å²) < 4.78 is 0. The Balaban J connectivity index is 2.57. The number of nitrogen functional groups attached to an aromatic ring is 2. The second-order valence-corrected chi connectivity index (χ2v) is 5.57. The molecule has 0 amide bonds. The van der Waals surface area contributed by atoms with Gasteiger partial charge >= 0.3 is 0 Å². The molecule has 0 radical (unpaired) electrons. The zero-order valence-electron chi connectivity index (χ0n) is 13.1. The molecule has 0 unspecified atom stereocenters. The Kier molecular flexibility index (Phi) is 6.16. The number of likely N-dealkylation sites (N-methyl/N-ethyl adjacent to an activating group) is 1. The maximum Gasteiger partial charge on any atom is 0.0601 e. The van der Waals surface area contributed by atoms with Crippen molar-refractivity contribution in [3.63, 3.8) is 0 Å². The maximum absolute atomic E-state index is 5.99. The van der Waals surface area contributed by atoms with Crippen molar-refractivity contribution in [1.82, 2.24) is 0 Å². The van der Waals surface area contributed by atoms with Gasteiger partial charge in [0.05, 0.1) is 11.4 Å². The highest BCUT2D eigenvalue weighted by Gasteiger charge is 2.04. The van der Waals surface area contributed by atoms with Gasteiger partial charge in [-0.2, -0.15) is 0 Å². The monoisotopic (exact) mass is 273 g/mol. The molecular weight excluding hydrogens is 246 g/mol. The van der Waals surface area contributed by atoms with Gasteiger partial charge in [0.15, 0.2) is 0 Å². The van der Waals surface area contributed by atoms with Gasteiger partial charge in [-0.15, -0.1) is 0 Å². The van der Waals surface area contributed by atoms with Crippen LogP contribution in [0.1, 0.15) is 33.6 Å². The Morgan fingerprint density at radius 2 is 1.85 bits per heavy atom. The van der Waals surface area contributed by atoms with Gasteiger partial charge in [-0.05, 0) is 51.8 Å². The topological polar surface area (TPSA) is 55.3 Å². The number of nitrogens with two attached hydrogens (primary N) is 2. The van der Waals surface area contributed by atoms with Gasteiger partial charge < -0.3 is 16.4 Å². The lowest BCUT2D eigenvalue weighted by molar-refractivity contribution is 0.941. The first-order chi connectivity index (χ1) is 9.40. The predicted molar refractivity (Wildman–Crippen MR) is 91.0 cm³/mol. The molecule has 3 nitrogen and oxygen atoms in total. The van der Waals surface area contributed by atoms with E-state index >= 15 is 0 Å². The normalized spacial score (nSPS) is 11.3. The number of allylic oxidation sites excluding steroid dienone is 3. The van der Waals surface area contributed by atoms with E-state index in [0.717, 1.165) is 30.8 Å². The third-order valence-corrected chi connectivity index (χ3v) is 3.27. The summed E-state index contributed by atoms with van der Waals surface area (Å²) in [6.45, 7) is 7.31. The zero-order valence-corrected chi connectivity index (χ0v) is 13.1. The molecule has 4 N–H and O–H groups in total. The smallest absolute Gasteiger partial charge is 0.0601 e. The van der Waals surface area contributed by atoms with Crippen LogP contribution in [0.3, 0.4) is 0 Å². The van der Waals surface area contributed by atoms with E-state index in [9.17, 15) is 0 Å². The molecule has 20 heavy (non-hydrogen) atoms. The van der Waals surface area contributed by atoms with Crippen LogP contribution in [-0.2, 0) is 0 Å². The van der Waals surface area contributed by atoms with Gasteiger partial charge in [-0.25, -0.2) is 0 Å². The maximum atomic E-state index is 5.99. The van der Waals surface area contributed by atoms with Crippen LogP contribution >= 0.6 is 0 Å². The predicted octanol–water partition coefficient (Wildman–Crippen LogP) is 3.98. The van der Waals surface area contributed by atoms with E-state index in [4.69, 9.17) is 11.5 Å². The summed E-state index contributed by atoms with van der Waals surface area (Å²) >= 11 is 0. The second kappa shape index (κ2) is 7.63. The lowest BCUT2D eigenvalue weighted by Gasteiger charge is -2.20. The average molecular weight is 273 g/mol. The van der Waals surface area contributed by atoms with Crippen molar-refractivity contribution in [2.45, 2.75) is 33.6 Å². The van der Waals surface area contributed by atoms with E-state index in [1.807, 2.05) is 19.2 Å². The Bertz CT molecular complexity index is 497. The van der Waals surface area contributed by atoms with Gasteiger partial charge in [0.25, 0.3) is 0 Å². The molecule has 0 aliphatic heterocycles. The van der Waals surface area contributed by atoms with Gasteiger partial charge in [0.1, 0.15) is 0 Å². The molecule has 1 aromatic carbocycles. The number of benzene rings is 1. The summed E-state index contributed by atoms with van der Waals surface area (Å²) in [5.74, 6) is 0. The molecule has 0 saturated heterocycles. The van der Waals surface area contributed by atoms with Crippen molar-refractivity contribution in [2.24, 2.45) is 0 Å². The number of hydrogen-bond acceptors (Lipinski definition) is 3. The molecule has 1 rings (SSSR count). The number of rotatable bonds is 6. The number of anilines is 3. The van der Waals surface area contributed by atoms with Crippen molar-refractivity contribution >= 4 is 17.1 Å². The molecular formula is C17H27N3. The van der Waals surface area contributed by atoms with Crippen LogP contribution in [-0.4, -0.2) is 13.6 Å². The van der Waals surface area contributed by atoms with Crippen LogP contribution in [0.15, 0.2) is 41.5 Å². The van der Waals surface area contributed by atoms with Crippen LogP contribution in [0.25, 0.3) is 0 Å². The zero-order chi connectivity index (χ0) is 15.1. The van der Waals surface area contributed by atoms with Crippen LogP contribution in [0.5, 0.6) is 0 Å². The van der Waals surface area contributed by atoms with Crippen molar-refractivity contribution in [1.29, 1.82) is 0 Å². The fourth-order valence-electron chi connectivity index (χ4n) is 2.00. The number of nitrogens with zero attached hydrogens (tertiary/aromatic N) is 1. The summed E-state index contributed by atoms with van der Waals surface area (Å²) in [4.78, 5) is 2.14. The molecule has 0 atom stereocenters. The molecule has 0 aliphatic rings. The fraction of sp³-hybridized carbons (Fsp3) is 0.412. The lowest BCUT2D eigenvalue weighted by atomic mass is 10.1. The van der Waals surface area contributed by atoms with Gasteiger partial charge in [-0.3, -0.25) is 0 Å². The van der Waals surface area contributed by atoms with Crippen molar-refractivity contribution in [3.8, 4) is 0 Å². The van der Waals surface area contributed by atoms with E-state index in [0.29, 0.717) is 5.69 Å². The molecule has 0 aliphatic carbocycles. The second-order valence-electron chi connectivity index (χ2n) is 5.57. The molecule has 0 fully saturated rings. The Morgan fingerprint density at radius 1 is 1.15 bits per heavy atom. The highest BCUT2D eigenvalue weighted by atomic mass is 15.1. The fourth-order valence-corrected chi connectivity index (χ4v) is 2.00. The third-order valence-electron chi connectivity index (χ3n) is 3.27. The Hall–Kier alpha value is -1.90. The highest BCUT2D eigenvalue weighted by molar-refractivity contribution is 5.71. The van der Waals surface area contributed by atoms with Gasteiger partial charge in [0.2, 0.25) is 0 Å². The summed E-state index contributed by atoms with van der Waals surface area (Å²) in [6, 6.07) is 5.65. The summed E-state index contributed by atoms with van der Waals surface area (Å²) in [7, 11) is 2.04. The molecule has 1 aromatic rings. The highest BCUT2D eigenvalue weighted by Crippen LogP contribution is 2.24. The Morgan fingerprint density at radius 3 is 2.45 bits per heavy atom. The minimum Gasteiger partial charge on any atom is -0.399 e. The average Bonchev–Trinajstić information content (AvgIpc) is 2.35. The van der Waals surface area contributed by atoms with E-state index in [1.54, 1.807) is 6.07 Å². The minimum atomic E-state index is 0.702. The molecule has 0 bridgehead atoms. The summed E-state index contributed by atoms with van der Waals surface area (Å²) in [6.07, 6.45) is 6.75. The molecule has 0 aromatic heterocycles. The summed E-state index contributed by atoms with van der Waals surface area (Å²) in [5, 5.41) is 0. The van der Waals surface area contributed by atoms with E-state index in [2.05, 4.69) is 37.8 Å². The van der Waals surface area contributed by atoms with Gasteiger partial charge in [-0.1, -0.05) is 23.3 Å². The standard InChI is InChI=1S/C17H27N3/c1-13(2)6-5-7-14(3)10-11-20(4)17-9-8-15(18)12-16(17)19/h6,8-10,12H,5,7,11,18-19H2,1-4H3/b14-10+. The van der Waals surface area contributed by atoms with E-state index < -0.39 is 0 Å². The lowest BCUT2D eigenvalue weighted by Crippen LogP contribution is -2.18. The van der Waals surface area contributed by atoms with Crippen LogP contribution in [0, 0.1) is 0 Å². The molecule has 0 heterocycles. The third kappa shape index (κ3) is 5.39. The van der Waals surface area contributed by atoms with Crippen molar-refractivity contribution in [2.75, 3.05) is 30.0 Å². The van der Waals surface area contributed by atoms with Crippen LogP contribution < -0.4 is 16.4 Å². The van der Waals surface area contributed by atoms with Crippen LogP contribution in [0.4, 0.5) is 17.1 Å². The first kappa shape index (κ1) is 16.2. The summed E-state index contributed by atoms with van der Waals surface area (Å²) in [5.41, 5.74) is 16.9. The SMILES string of the molecule is CC(C)=CCC/C(C)=C/CN(C)c1ccc(N)cc1N. The Labute approximate surface area is 123 Å². The first-order valence-electron chi connectivity index (χ1n) is 7.05. The van der Waals surface area contributed by atoms with E-state index in [-0.39, 0.29) is 0 Å². The van der Waals surface area contributed by atoms with Crippen molar-refractivity contribution in [3.05, 3.63) is 41.5 Å². The van der Waals surface area contributed by atoms with Gasteiger partial charge in [0, 0.05) is 19.3 Å². The molecule has 3 heteroatoms. The minimum absolute atomic E-state index is 0.702. The molecule has 110 valence electrons. The quantitative estimate of drug-likeness (QED) is 0.609. The first-order valence-corrected chi connectivity index (χ1v) is 7.05. The molecule has 0 spiro atoms. The largest absolute Gasteiger partial charge is 0.399 e. The van der Waals surface area contributed by atoms with E-state index in [1.165, 1.54) is 11.1 Å².